The Balaban J connectivity index is 1.44. The highest BCUT2D eigenvalue weighted by atomic mass is 16.5. The number of hydrogen-bond acceptors (Lipinski definition) is 2. The van der Waals surface area contributed by atoms with Gasteiger partial charge in [0, 0.05) is 29.6 Å². The fraction of sp³-hybridized carbons (Fsp3) is 0.391. The van der Waals surface area contributed by atoms with Gasteiger partial charge in [0.05, 0.1) is 6.61 Å². The number of rotatable bonds is 6. The monoisotopic (exact) mass is 348 g/mol. The lowest BCUT2D eigenvalue weighted by atomic mass is 9.99. The van der Waals surface area contributed by atoms with E-state index in [1.54, 1.807) is 0 Å². The zero-order chi connectivity index (χ0) is 17.8. The highest BCUT2D eigenvalue weighted by Crippen LogP contribution is 2.28. The number of aromatic nitrogens is 1. The van der Waals surface area contributed by atoms with E-state index in [1.165, 1.54) is 33.3 Å². The zero-order valence-electron chi connectivity index (χ0n) is 15.6. The van der Waals surface area contributed by atoms with Crippen molar-refractivity contribution in [3.8, 4) is 5.75 Å². The van der Waals surface area contributed by atoms with Crippen molar-refractivity contribution in [2.24, 2.45) is 0 Å². The quantitative estimate of drug-likeness (QED) is 0.647. The third-order valence-electron chi connectivity index (χ3n) is 5.37. The maximum Gasteiger partial charge on any atom is 0.119 e. The lowest BCUT2D eigenvalue weighted by Crippen LogP contribution is -2.16. The van der Waals surface area contributed by atoms with E-state index in [0.717, 1.165) is 57.6 Å². The number of H-pyrrole nitrogens is 1. The first-order valence-corrected chi connectivity index (χ1v) is 9.89. The summed E-state index contributed by atoms with van der Waals surface area (Å²) in [5, 5.41) is 4.96. The SMILES string of the molecule is CCc1cccc(OCCCc2cccc3[nH]c4c(c23)CCNCC4)c1. The molecule has 3 heteroatoms. The number of aromatic amines is 1. The Morgan fingerprint density at radius 2 is 1.92 bits per heavy atom. The first kappa shape index (κ1) is 17.2. The van der Waals surface area contributed by atoms with Crippen molar-refractivity contribution >= 4 is 10.9 Å². The van der Waals surface area contributed by atoms with Crippen molar-refractivity contribution in [1.82, 2.24) is 10.3 Å². The second-order valence-corrected chi connectivity index (χ2v) is 7.12. The summed E-state index contributed by atoms with van der Waals surface area (Å²) < 4.78 is 5.98. The minimum Gasteiger partial charge on any atom is -0.494 e. The summed E-state index contributed by atoms with van der Waals surface area (Å²) in [5.74, 6) is 0.990. The molecule has 1 aliphatic heterocycles. The smallest absolute Gasteiger partial charge is 0.119 e. The van der Waals surface area contributed by atoms with Crippen LogP contribution in [0.5, 0.6) is 5.75 Å². The summed E-state index contributed by atoms with van der Waals surface area (Å²) >= 11 is 0. The fourth-order valence-corrected chi connectivity index (χ4v) is 4.01. The van der Waals surface area contributed by atoms with Crippen molar-refractivity contribution in [2.45, 2.75) is 39.0 Å². The van der Waals surface area contributed by atoms with Crippen molar-refractivity contribution in [1.29, 1.82) is 0 Å². The number of ether oxygens (including phenoxy) is 1. The molecule has 136 valence electrons. The van der Waals surface area contributed by atoms with Gasteiger partial charge in [-0.2, -0.15) is 0 Å². The molecule has 0 unspecified atom stereocenters. The first-order valence-electron chi connectivity index (χ1n) is 9.89. The molecule has 2 heterocycles. The number of aryl methyl sites for hydroxylation is 2. The van der Waals surface area contributed by atoms with Gasteiger partial charge >= 0.3 is 0 Å². The van der Waals surface area contributed by atoms with Crippen LogP contribution < -0.4 is 10.1 Å². The fourth-order valence-electron chi connectivity index (χ4n) is 4.01. The molecule has 1 aromatic heterocycles. The molecule has 3 aromatic rings. The van der Waals surface area contributed by atoms with Crippen LogP contribution in [0, 0.1) is 0 Å². The minimum atomic E-state index is 0.762. The molecular formula is C23H28N2O. The van der Waals surface area contributed by atoms with Crippen molar-refractivity contribution < 1.29 is 4.74 Å². The van der Waals surface area contributed by atoms with Gasteiger partial charge in [-0.1, -0.05) is 31.2 Å². The van der Waals surface area contributed by atoms with E-state index in [1.807, 2.05) is 0 Å². The summed E-state index contributed by atoms with van der Waals surface area (Å²) in [4.78, 5) is 3.65. The van der Waals surface area contributed by atoms with Gasteiger partial charge in [-0.25, -0.2) is 0 Å². The van der Waals surface area contributed by atoms with E-state index in [2.05, 4.69) is 59.7 Å². The Labute approximate surface area is 155 Å². The number of fused-ring (bicyclic) bond motifs is 3. The van der Waals surface area contributed by atoms with Gasteiger partial charge in [0.1, 0.15) is 5.75 Å². The van der Waals surface area contributed by atoms with E-state index in [-0.39, 0.29) is 0 Å². The number of benzene rings is 2. The highest BCUT2D eigenvalue weighted by molar-refractivity contribution is 5.88. The number of nitrogens with one attached hydrogen (secondary N) is 2. The van der Waals surface area contributed by atoms with Crippen LogP contribution in [0.2, 0.25) is 0 Å². The average molecular weight is 348 g/mol. The average Bonchev–Trinajstić information content (AvgIpc) is 2.87. The van der Waals surface area contributed by atoms with Crippen molar-refractivity contribution in [3.63, 3.8) is 0 Å². The normalized spacial score (nSPS) is 14.2. The summed E-state index contributed by atoms with van der Waals surface area (Å²) in [6.45, 7) is 5.08. The van der Waals surface area contributed by atoms with Crippen LogP contribution in [0.4, 0.5) is 0 Å². The zero-order valence-corrected chi connectivity index (χ0v) is 15.6. The molecule has 0 spiro atoms. The van der Waals surface area contributed by atoms with E-state index >= 15 is 0 Å². The van der Waals surface area contributed by atoms with E-state index in [0.29, 0.717) is 0 Å². The van der Waals surface area contributed by atoms with Crippen LogP contribution in [-0.2, 0) is 25.7 Å². The molecule has 4 rings (SSSR count). The molecule has 26 heavy (non-hydrogen) atoms. The standard InChI is InChI=1S/C23H28N2O/c1-2-17-6-3-9-19(16-17)26-15-5-8-18-7-4-10-22-23(18)20-11-13-24-14-12-21(20)25-22/h3-4,6-7,9-10,16,24-25H,2,5,8,11-15H2,1H3. The van der Waals surface area contributed by atoms with Crippen LogP contribution >= 0.6 is 0 Å². The van der Waals surface area contributed by atoms with Gasteiger partial charge in [-0.05, 0) is 67.1 Å². The molecule has 0 saturated heterocycles. The van der Waals surface area contributed by atoms with Crippen LogP contribution in [0.1, 0.15) is 35.7 Å². The Hall–Kier alpha value is -2.26. The molecular weight excluding hydrogens is 320 g/mol. The topological polar surface area (TPSA) is 37.0 Å². The minimum absolute atomic E-state index is 0.762. The van der Waals surface area contributed by atoms with Gasteiger partial charge in [-0.15, -0.1) is 0 Å². The third-order valence-corrected chi connectivity index (χ3v) is 5.37. The second-order valence-electron chi connectivity index (χ2n) is 7.12. The molecule has 0 aliphatic carbocycles. The molecule has 2 aromatic carbocycles. The van der Waals surface area contributed by atoms with Crippen LogP contribution in [0.3, 0.4) is 0 Å². The molecule has 3 nitrogen and oxygen atoms in total. The Kier molecular flexibility index (Phi) is 5.26. The maximum atomic E-state index is 5.98. The van der Waals surface area contributed by atoms with Crippen LogP contribution in [0.15, 0.2) is 42.5 Å². The Morgan fingerprint density at radius 3 is 2.85 bits per heavy atom. The molecule has 1 aliphatic rings. The highest BCUT2D eigenvalue weighted by Gasteiger charge is 2.16. The summed E-state index contributed by atoms with van der Waals surface area (Å²) in [5.41, 5.74) is 7.02. The Bertz CT molecular complexity index is 881. The Morgan fingerprint density at radius 1 is 1.04 bits per heavy atom. The van der Waals surface area contributed by atoms with Gasteiger partial charge in [-0.3, -0.25) is 0 Å². The summed E-state index contributed by atoms with van der Waals surface area (Å²) in [6, 6.07) is 15.1. The molecule has 0 atom stereocenters. The van der Waals surface area contributed by atoms with Gasteiger partial charge < -0.3 is 15.0 Å². The van der Waals surface area contributed by atoms with Gasteiger partial charge in [0.25, 0.3) is 0 Å². The summed E-state index contributed by atoms with van der Waals surface area (Å²) in [7, 11) is 0. The second kappa shape index (κ2) is 7.96. The molecule has 0 fully saturated rings. The largest absolute Gasteiger partial charge is 0.494 e. The number of hydrogen-bond donors (Lipinski definition) is 2. The van der Waals surface area contributed by atoms with Crippen molar-refractivity contribution in [3.05, 3.63) is 64.8 Å². The van der Waals surface area contributed by atoms with E-state index in [4.69, 9.17) is 4.74 Å². The predicted molar refractivity (Wildman–Crippen MR) is 108 cm³/mol. The molecule has 0 saturated carbocycles. The first-order chi connectivity index (χ1) is 12.8. The molecule has 0 radical (unpaired) electrons. The molecule has 2 N–H and O–H groups in total. The van der Waals surface area contributed by atoms with E-state index < -0.39 is 0 Å². The van der Waals surface area contributed by atoms with Crippen LogP contribution in [0.25, 0.3) is 10.9 Å². The maximum absolute atomic E-state index is 5.98. The van der Waals surface area contributed by atoms with Crippen LogP contribution in [-0.4, -0.2) is 24.7 Å². The lowest BCUT2D eigenvalue weighted by molar-refractivity contribution is 0.311. The molecule has 0 amide bonds. The van der Waals surface area contributed by atoms with Gasteiger partial charge in [0.2, 0.25) is 0 Å². The predicted octanol–water partition coefficient (Wildman–Crippen LogP) is 4.43. The molecule has 0 bridgehead atoms. The van der Waals surface area contributed by atoms with E-state index in [9.17, 15) is 0 Å². The van der Waals surface area contributed by atoms with Gasteiger partial charge in [0.15, 0.2) is 0 Å². The third kappa shape index (κ3) is 3.63. The van der Waals surface area contributed by atoms with Crippen molar-refractivity contribution in [2.75, 3.05) is 19.7 Å². The lowest BCUT2D eigenvalue weighted by Gasteiger charge is -2.09. The summed E-state index contributed by atoms with van der Waals surface area (Å²) in [6.07, 6.45) is 5.36.